The van der Waals surface area contributed by atoms with Crippen LogP contribution in [-0.4, -0.2) is 24.5 Å². The van der Waals surface area contributed by atoms with Crippen molar-refractivity contribution in [2.45, 2.75) is 72.3 Å². The summed E-state index contributed by atoms with van der Waals surface area (Å²) in [7, 11) is 0. The van der Waals surface area contributed by atoms with Gasteiger partial charge in [0.05, 0.1) is 6.61 Å². The molecule has 0 bridgehead atoms. The van der Waals surface area contributed by atoms with Crippen LogP contribution >= 0.6 is 0 Å². The second-order valence-electron chi connectivity index (χ2n) is 6.75. The van der Waals surface area contributed by atoms with Crippen LogP contribution in [0.2, 0.25) is 0 Å². The first-order valence-electron chi connectivity index (χ1n) is 7.83. The second kappa shape index (κ2) is 7.65. The number of rotatable bonds is 4. The van der Waals surface area contributed by atoms with Gasteiger partial charge in [-0.1, -0.05) is 46.5 Å². The molecule has 0 radical (unpaired) electrons. The summed E-state index contributed by atoms with van der Waals surface area (Å²) >= 11 is 0. The van der Waals surface area contributed by atoms with Gasteiger partial charge in [0.2, 0.25) is 5.91 Å². The molecule has 0 aliphatic heterocycles. The molecular weight excluding hydrogens is 254 g/mol. The lowest BCUT2D eigenvalue weighted by Gasteiger charge is -2.29. The van der Waals surface area contributed by atoms with Crippen LogP contribution in [0.3, 0.4) is 0 Å². The maximum atomic E-state index is 12.5. The van der Waals surface area contributed by atoms with Crippen molar-refractivity contribution in [2.75, 3.05) is 6.61 Å². The van der Waals surface area contributed by atoms with Gasteiger partial charge in [-0.15, -0.1) is 0 Å². The van der Waals surface area contributed by atoms with Gasteiger partial charge < -0.3 is 10.1 Å². The van der Waals surface area contributed by atoms with Crippen molar-refractivity contribution in [3.05, 3.63) is 0 Å². The summed E-state index contributed by atoms with van der Waals surface area (Å²) in [6.45, 7) is 7.78. The van der Waals surface area contributed by atoms with Crippen LogP contribution in [0, 0.1) is 11.3 Å². The Morgan fingerprint density at radius 3 is 2.15 bits per heavy atom. The minimum absolute atomic E-state index is 0.178. The monoisotopic (exact) mass is 283 g/mol. The molecule has 0 aromatic carbocycles. The van der Waals surface area contributed by atoms with Gasteiger partial charge in [0.1, 0.15) is 5.92 Å². The van der Waals surface area contributed by atoms with E-state index < -0.39 is 17.3 Å². The van der Waals surface area contributed by atoms with E-state index >= 15 is 0 Å². The quantitative estimate of drug-likeness (QED) is 0.490. The maximum Gasteiger partial charge on any atom is 0.319 e. The lowest BCUT2D eigenvalue weighted by atomic mass is 9.80. The second-order valence-corrected chi connectivity index (χ2v) is 6.75. The summed E-state index contributed by atoms with van der Waals surface area (Å²) < 4.78 is 5.07. The summed E-state index contributed by atoms with van der Waals surface area (Å²) in [5, 5.41) is 3.07. The summed E-state index contributed by atoms with van der Waals surface area (Å²) in [6.07, 6.45) is 6.84. The Morgan fingerprint density at radius 1 is 1.15 bits per heavy atom. The smallest absolute Gasteiger partial charge is 0.319 e. The molecule has 0 spiro atoms. The Morgan fingerprint density at radius 2 is 1.70 bits per heavy atom. The summed E-state index contributed by atoms with van der Waals surface area (Å²) in [5.41, 5.74) is -0.429. The van der Waals surface area contributed by atoms with Crippen LogP contribution in [0.4, 0.5) is 0 Å². The molecule has 1 unspecified atom stereocenters. The van der Waals surface area contributed by atoms with Crippen LogP contribution in [0.15, 0.2) is 0 Å². The predicted molar refractivity (Wildman–Crippen MR) is 79.2 cm³/mol. The SMILES string of the molecule is CCOC(=O)C(C(=O)NC1CCCCCC1)C(C)(C)C. The number of ether oxygens (including phenoxy) is 1. The zero-order valence-electron chi connectivity index (χ0n) is 13.3. The highest BCUT2D eigenvalue weighted by Crippen LogP contribution is 2.28. The van der Waals surface area contributed by atoms with E-state index in [1.807, 2.05) is 20.8 Å². The molecule has 20 heavy (non-hydrogen) atoms. The Balaban J connectivity index is 2.69. The largest absolute Gasteiger partial charge is 0.465 e. The van der Waals surface area contributed by atoms with E-state index in [1.54, 1.807) is 6.92 Å². The molecule has 1 fully saturated rings. The molecule has 0 heterocycles. The van der Waals surface area contributed by atoms with Gasteiger partial charge in [0.15, 0.2) is 0 Å². The van der Waals surface area contributed by atoms with Crippen LogP contribution < -0.4 is 5.32 Å². The third-order valence-corrected chi connectivity index (χ3v) is 3.85. The highest BCUT2D eigenvalue weighted by Gasteiger charge is 2.39. The molecule has 4 nitrogen and oxygen atoms in total. The van der Waals surface area contributed by atoms with Crippen LogP contribution in [0.5, 0.6) is 0 Å². The third-order valence-electron chi connectivity index (χ3n) is 3.85. The lowest BCUT2D eigenvalue weighted by Crippen LogP contribution is -2.47. The zero-order valence-corrected chi connectivity index (χ0v) is 13.3. The minimum Gasteiger partial charge on any atom is -0.465 e. The van der Waals surface area contributed by atoms with Gasteiger partial charge in [0, 0.05) is 6.04 Å². The number of hydrogen-bond acceptors (Lipinski definition) is 3. The van der Waals surface area contributed by atoms with Crippen molar-refractivity contribution in [1.82, 2.24) is 5.32 Å². The number of carbonyl (C=O) groups excluding carboxylic acids is 2. The fraction of sp³-hybridized carbons (Fsp3) is 0.875. The topological polar surface area (TPSA) is 55.4 Å². The molecule has 1 aliphatic carbocycles. The Labute approximate surface area is 122 Å². The molecule has 0 aromatic rings. The summed E-state index contributed by atoms with van der Waals surface area (Å²) in [6, 6.07) is 0.212. The van der Waals surface area contributed by atoms with Crippen LogP contribution in [-0.2, 0) is 14.3 Å². The highest BCUT2D eigenvalue weighted by atomic mass is 16.5. The van der Waals surface area contributed by atoms with Gasteiger partial charge in [-0.05, 0) is 25.2 Å². The van der Waals surface area contributed by atoms with E-state index in [1.165, 1.54) is 12.8 Å². The molecule has 4 heteroatoms. The number of amides is 1. The van der Waals surface area contributed by atoms with E-state index in [-0.39, 0.29) is 11.9 Å². The number of hydrogen-bond donors (Lipinski definition) is 1. The van der Waals surface area contributed by atoms with Crippen molar-refractivity contribution in [2.24, 2.45) is 11.3 Å². The van der Waals surface area contributed by atoms with Crippen molar-refractivity contribution >= 4 is 11.9 Å². The molecule has 1 N–H and O–H groups in total. The van der Waals surface area contributed by atoms with E-state index in [9.17, 15) is 9.59 Å². The van der Waals surface area contributed by atoms with E-state index in [0.717, 1.165) is 25.7 Å². The Bertz CT molecular complexity index is 325. The first-order chi connectivity index (χ1) is 9.36. The fourth-order valence-corrected chi connectivity index (χ4v) is 2.79. The fourth-order valence-electron chi connectivity index (χ4n) is 2.79. The third kappa shape index (κ3) is 5.14. The number of carbonyl (C=O) groups is 2. The van der Waals surface area contributed by atoms with E-state index in [0.29, 0.717) is 6.61 Å². The molecule has 1 saturated carbocycles. The molecule has 1 atom stereocenters. The van der Waals surface area contributed by atoms with Crippen LogP contribution in [0.25, 0.3) is 0 Å². The van der Waals surface area contributed by atoms with Gasteiger partial charge in [-0.2, -0.15) is 0 Å². The highest BCUT2D eigenvalue weighted by molar-refractivity contribution is 5.98. The molecule has 1 rings (SSSR count). The first kappa shape index (κ1) is 17.0. The maximum absolute atomic E-state index is 12.5. The van der Waals surface area contributed by atoms with Crippen molar-refractivity contribution < 1.29 is 14.3 Å². The molecule has 1 aliphatic rings. The standard InChI is InChI=1S/C16H29NO3/c1-5-20-15(19)13(16(2,3)4)14(18)17-12-10-8-6-7-9-11-12/h12-13H,5-11H2,1-4H3,(H,17,18). The van der Waals surface area contributed by atoms with Gasteiger partial charge >= 0.3 is 5.97 Å². The summed E-state index contributed by atoms with van der Waals surface area (Å²) in [5.74, 6) is -1.32. The van der Waals surface area contributed by atoms with Crippen LogP contribution in [0.1, 0.15) is 66.2 Å². The molecule has 0 aromatic heterocycles. The number of nitrogens with one attached hydrogen (secondary N) is 1. The molecule has 0 saturated heterocycles. The van der Waals surface area contributed by atoms with Crippen molar-refractivity contribution in [1.29, 1.82) is 0 Å². The molecule has 116 valence electrons. The lowest BCUT2D eigenvalue weighted by molar-refractivity contribution is -0.156. The predicted octanol–water partition coefficient (Wildman–Crippen LogP) is 3.05. The summed E-state index contributed by atoms with van der Waals surface area (Å²) in [4.78, 5) is 24.5. The van der Waals surface area contributed by atoms with Crippen molar-refractivity contribution in [3.63, 3.8) is 0 Å². The Hall–Kier alpha value is -1.06. The first-order valence-corrected chi connectivity index (χ1v) is 7.83. The Kier molecular flexibility index (Phi) is 6.50. The normalized spacial score (nSPS) is 19.0. The van der Waals surface area contributed by atoms with Gasteiger partial charge in [-0.25, -0.2) is 0 Å². The minimum atomic E-state index is -0.731. The zero-order chi connectivity index (χ0) is 15.2. The van der Waals surface area contributed by atoms with E-state index in [2.05, 4.69) is 5.32 Å². The average Bonchev–Trinajstić information content (AvgIpc) is 2.56. The average molecular weight is 283 g/mol. The molecule has 1 amide bonds. The van der Waals surface area contributed by atoms with Gasteiger partial charge in [0.25, 0.3) is 0 Å². The number of esters is 1. The van der Waals surface area contributed by atoms with Crippen molar-refractivity contribution in [3.8, 4) is 0 Å². The van der Waals surface area contributed by atoms with E-state index in [4.69, 9.17) is 4.74 Å². The van der Waals surface area contributed by atoms with Gasteiger partial charge in [-0.3, -0.25) is 9.59 Å². The molecular formula is C16H29NO3.